The molecule has 0 aromatic heterocycles. The van der Waals surface area contributed by atoms with E-state index in [-0.39, 0.29) is 5.41 Å². The van der Waals surface area contributed by atoms with E-state index in [1.54, 1.807) is 6.08 Å². The Morgan fingerprint density at radius 1 is 0.889 bits per heavy atom. The molecule has 0 radical (unpaired) electrons. The monoisotopic (exact) mass is 249 g/mol. The van der Waals surface area contributed by atoms with Crippen molar-refractivity contribution in [3.8, 4) is 6.07 Å². The van der Waals surface area contributed by atoms with E-state index in [9.17, 15) is 0 Å². The maximum atomic E-state index is 8.71. The van der Waals surface area contributed by atoms with Crippen LogP contribution in [0.4, 0.5) is 0 Å². The van der Waals surface area contributed by atoms with Gasteiger partial charge in [0.15, 0.2) is 0 Å². The first-order chi connectivity index (χ1) is 8.68. The number of nitriles is 1. The van der Waals surface area contributed by atoms with E-state index in [2.05, 4.69) is 32.9 Å². The molecule has 1 heteroatoms. The minimum Gasteiger partial charge on any atom is -0.193 e. The van der Waals surface area contributed by atoms with Crippen LogP contribution in [0.2, 0.25) is 0 Å². The van der Waals surface area contributed by atoms with Gasteiger partial charge in [-0.1, -0.05) is 78.2 Å². The SMILES string of the molecule is CCCCCCC(C)(/C=C/C#N)CCCCCC. The molecular weight excluding hydrogens is 218 g/mol. The summed E-state index contributed by atoms with van der Waals surface area (Å²) < 4.78 is 0. The van der Waals surface area contributed by atoms with Crippen molar-refractivity contribution in [3.63, 3.8) is 0 Å². The van der Waals surface area contributed by atoms with Crippen molar-refractivity contribution in [2.75, 3.05) is 0 Å². The van der Waals surface area contributed by atoms with Crippen LogP contribution < -0.4 is 0 Å². The number of rotatable bonds is 11. The molecule has 104 valence electrons. The van der Waals surface area contributed by atoms with Crippen LogP contribution in [0.1, 0.15) is 85.0 Å². The molecule has 0 heterocycles. The Morgan fingerprint density at radius 2 is 1.39 bits per heavy atom. The maximum absolute atomic E-state index is 8.71. The van der Waals surface area contributed by atoms with Crippen molar-refractivity contribution in [3.05, 3.63) is 12.2 Å². The molecule has 0 aliphatic rings. The van der Waals surface area contributed by atoms with Gasteiger partial charge < -0.3 is 0 Å². The van der Waals surface area contributed by atoms with E-state index in [1.807, 2.05) is 0 Å². The van der Waals surface area contributed by atoms with Crippen molar-refractivity contribution in [2.45, 2.75) is 85.0 Å². The van der Waals surface area contributed by atoms with Crippen LogP contribution in [0.25, 0.3) is 0 Å². The molecule has 0 fully saturated rings. The topological polar surface area (TPSA) is 23.8 Å². The van der Waals surface area contributed by atoms with Crippen molar-refractivity contribution in [1.29, 1.82) is 5.26 Å². The molecule has 1 nitrogen and oxygen atoms in total. The number of hydrogen-bond donors (Lipinski definition) is 0. The highest BCUT2D eigenvalue weighted by Gasteiger charge is 2.19. The zero-order valence-electron chi connectivity index (χ0n) is 12.7. The van der Waals surface area contributed by atoms with Gasteiger partial charge in [0.2, 0.25) is 0 Å². The number of allylic oxidation sites excluding steroid dienone is 2. The second-order valence-corrected chi connectivity index (χ2v) is 5.74. The lowest BCUT2D eigenvalue weighted by atomic mass is 9.79. The van der Waals surface area contributed by atoms with Crippen LogP contribution in [-0.2, 0) is 0 Å². The Bertz CT molecular complexity index is 235. The normalized spacial score (nSPS) is 11.9. The van der Waals surface area contributed by atoms with Gasteiger partial charge in [0.05, 0.1) is 6.07 Å². The Kier molecular flexibility index (Phi) is 10.8. The molecule has 0 N–H and O–H groups in total. The zero-order chi connectivity index (χ0) is 13.7. The van der Waals surface area contributed by atoms with Crippen molar-refractivity contribution in [1.82, 2.24) is 0 Å². The van der Waals surface area contributed by atoms with Crippen LogP contribution in [0.5, 0.6) is 0 Å². The standard InChI is InChI=1S/C17H31N/c1-4-6-8-10-13-17(3,15-12-16-18)14-11-9-7-5-2/h12,15H,4-11,13-14H2,1-3H3/b15-12+. The van der Waals surface area contributed by atoms with Crippen LogP contribution in [-0.4, -0.2) is 0 Å². The lowest BCUT2D eigenvalue weighted by molar-refractivity contribution is 0.329. The van der Waals surface area contributed by atoms with E-state index >= 15 is 0 Å². The van der Waals surface area contributed by atoms with Crippen molar-refractivity contribution < 1.29 is 0 Å². The summed E-state index contributed by atoms with van der Waals surface area (Å²) in [7, 11) is 0. The molecule has 0 atom stereocenters. The summed E-state index contributed by atoms with van der Waals surface area (Å²) in [5.74, 6) is 0. The third-order valence-electron chi connectivity index (χ3n) is 3.76. The summed E-state index contributed by atoms with van der Waals surface area (Å²) in [5, 5.41) is 8.71. The van der Waals surface area contributed by atoms with Gasteiger partial charge in [-0.25, -0.2) is 0 Å². The molecule has 0 amide bonds. The molecule has 0 aliphatic heterocycles. The highest BCUT2D eigenvalue weighted by Crippen LogP contribution is 2.32. The van der Waals surface area contributed by atoms with Gasteiger partial charge in [-0.15, -0.1) is 0 Å². The van der Waals surface area contributed by atoms with Gasteiger partial charge in [-0.3, -0.25) is 0 Å². The molecule has 0 rings (SSSR count). The van der Waals surface area contributed by atoms with Gasteiger partial charge >= 0.3 is 0 Å². The first-order valence-corrected chi connectivity index (χ1v) is 7.76. The summed E-state index contributed by atoms with van der Waals surface area (Å²) in [6.45, 7) is 6.82. The summed E-state index contributed by atoms with van der Waals surface area (Å²) in [6, 6.07) is 2.15. The van der Waals surface area contributed by atoms with E-state index in [4.69, 9.17) is 5.26 Å². The van der Waals surface area contributed by atoms with E-state index < -0.39 is 0 Å². The summed E-state index contributed by atoms with van der Waals surface area (Å²) >= 11 is 0. The molecule has 0 spiro atoms. The fourth-order valence-corrected chi connectivity index (χ4v) is 2.44. The number of nitrogens with zero attached hydrogens (tertiary/aromatic N) is 1. The third-order valence-corrected chi connectivity index (χ3v) is 3.76. The summed E-state index contributed by atoms with van der Waals surface area (Å²) in [4.78, 5) is 0. The van der Waals surface area contributed by atoms with Crippen LogP contribution >= 0.6 is 0 Å². The Labute approximate surface area is 114 Å². The largest absolute Gasteiger partial charge is 0.193 e. The highest BCUT2D eigenvalue weighted by molar-refractivity contribution is 5.08. The lowest BCUT2D eigenvalue weighted by Crippen LogP contribution is -2.13. The molecule has 0 aromatic rings. The van der Waals surface area contributed by atoms with Crippen LogP contribution in [0.3, 0.4) is 0 Å². The van der Waals surface area contributed by atoms with Crippen LogP contribution in [0, 0.1) is 16.7 Å². The fraction of sp³-hybridized carbons (Fsp3) is 0.824. The molecule has 0 saturated heterocycles. The fourth-order valence-electron chi connectivity index (χ4n) is 2.44. The quantitative estimate of drug-likeness (QED) is 0.325. The molecule has 0 unspecified atom stereocenters. The highest BCUT2D eigenvalue weighted by atomic mass is 14.3. The minimum absolute atomic E-state index is 0.247. The lowest BCUT2D eigenvalue weighted by Gasteiger charge is -2.26. The predicted molar refractivity (Wildman–Crippen MR) is 80.4 cm³/mol. The minimum atomic E-state index is 0.247. The Hall–Kier alpha value is -0.770. The third kappa shape index (κ3) is 9.28. The second kappa shape index (κ2) is 11.3. The average molecular weight is 249 g/mol. The molecule has 0 aromatic carbocycles. The van der Waals surface area contributed by atoms with Gasteiger partial charge in [0, 0.05) is 6.08 Å². The van der Waals surface area contributed by atoms with Crippen molar-refractivity contribution >= 4 is 0 Å². The average Bonchev–Trinajstić information content (AvgIpc) is 2.38. The van der Waals surface area contributed by atoms with Gasteiger partial charge in [-0.2, -0.15) is 5.26 Å². The smallest absolute Gasteiger partial charge is 0.0908 e. The molecular formula is C17H31N. The van der Waals surface area contributed by atoms with E-state index in [1.165, 1.54) is 64.2 Å². The Balaban J connectivity index is 4.08. The molecule has 0 aliphatic carbocycles. The number of unbranched alkanes of at least 4 members (excludes halogenated alkanes) is 6. The Morgan fingerprint density at radius 3 is 1.78 bits per heavy atom. The van der Waals surface area contributed by atoms with Crippen molar-refractivity contribution in [2.24, 2.45) is 5.41 Å². The van der Waals surface area contributed by atoms with Gasteiger partial charge in [0.25, 0.3) is 0 Å². The van der Waals surface area contributed by atoms with Gasteiger partial charge in [-0.05, 0) is 18.3 Å². The summed E-state index contributed by atoms with van der Waals surface area (Å²) in [6.07, 6.45) is 16.8. The first-order valence-electron chi connectivity index (χ1n) is 7.76. The van der Waals surface area contributed by atoms with E-state index in [0.29, 0.717) is 0 Å². The predicted octanol–water partition coefficient (Wildman–Crippen LogP) is 6.01. The maximum Gasteiger partial charge on any atom is 0.0908 e. The first kappa shape index (κ1) is 17.2. The number of hydrogen-bond acceptors (Lipinski definition) is 1. The zero-order valence-corrected chi connectivity index (χ0v) is 12.7. The van der Waals surface area contributed by atoms with Crippen LogP contribution in [0.15, 0.2) is 12.2 Å². The second-order valence-electron chi connectivity index (χ2n) is 5.74. The van der Waals surface area contributed by atoms with Gasteiger partial charge in [0.1, 0.15) is 0 Å². The summed E-state index contributed by atoms with van der Waals surface area (Å²) in [5.41, 5.74) is 0.247. The van der Waals surface area contributed by atoms with E-state index in [0.717, 1.165) is 0 Å². The molecule has 18 heavy (non-hydrogen) atoms. The molecule has 0 saturated carbocycles. The molecule has 0 bridgehead atoms.